The summed E-state index contributed by atoms with van der Waals surface area (Å²) in [6.07, 6.45) is 82.1. The van der Waals surface area contributed by atoms with Gasteiger partial charge in [0.1, 0.15) is 0 Å². The average molecular weight is 1160 g/mol. The molecule has 6 nitrogen and oxygen atoms in total. The third kappa shape index (κ3) is 76.9. The Bertz CT molecular complexity index is 887. The Balaban J connectivity index is 0. The molecular weight excluding hydrogens is 1020 g/mol. The fourth-order valence-electron chi connectivity index (χ4n) is 10.6. The number of hydrogen-bond acceptors (Lipinski definition) is 6. The Labute approximate surface area is 501 Å². The molecular formula is C70H145O6PTi. The maximum absolute atomic E-state index is 11.4. The Kier molecular flexibility index (Phi) is 80.9. The second-order valence-electron chi connectivity index (χ2n) is 24.1. The van der Waals surface area contributed by atoms with E-state index in [1.54, 1.807) is 0 Å². The van der Waals surface area contributed by atoms with Crippen LogP contribution in [0, 0.1) is 0 Å². The fraction of sp³-hybridized carbons (Fsp3) is 1.00. The predicted octanol–water partition coefficient (Wildman–Crippen LogP) is 25.5. The molecule has 0 rings (SSSR count). The minimum absolute atomic E-state index is 0.567. The van der Waals surface area contributed by atoms with Gasteiger partial charge in [0.25, 0.3) is 0 Å². The van der Waals surface area contributed by atoms with Gasteiger partial charge in [-0.2, -0.15) is 0 Å². The van der Waals surface area contributed by atoms with Gasteiger partial charge in [-0.25, -0.2) is 0 Å². The summed E-state index contributed by atoms with van der Waals surface area (Å²) in [5.74, 6) is 0. The monoisotopic (exact) mass is 1160 g/mol. The van der Waals surface area contributed by atoms with Gasteiger partial charge < -0.3 is 13.9 Å². The van der Waals surface area contributed by atoms with E-state index in [0.29, 0.717) is 13.2 Å². The zero-order valence-corrected chi connectivity index (χ0v) is 56.8. The van der Waals surface area contributed by atoms with Crippen molar-refractivity contribution in [1.29, 1.82) is 0 Å². The minimum Gasteiger partial charge on any atom is -0.786 e. The summed E-state index contributed by atoms with van der Waals surface area (Å²) >= 11 is -2.33. The third-order valence-corrected chi connectivity index (χ3v) is 18.9. The topological polar surface area (TPSA) is 69.2 Å². The Morgan fingerprint density at radius 1 is 0.192 bits per heavy atom. The van der Waals surface area contributed by atoms with Crippen LogP contribution in [0.3, 0.4) is 0 Å². The van der Waals surface area contributed by atoms with Crippen molar-refractivity contribution in [2.45, 2.75) is 420 Å². The summed E-state index contributed by atoms with van der Waals surface area (Å²) in [5, 5.41) is 0. The van der Waals surface area contributed by atoms with Crippen LogP contribution in [0.4, 0.5) is 0 Å². The van der Waals surface area contributed by atoms with Crippen LogP contribution >= 0.6 is 8.60 Å². The molecule has 0 unspecified atom stereocenters. The summed E-state index contributed by atoms with van der Waals surface area (Å²) in [6.45, 7) is 15.0. The molecule has 0 aliphatic heterocycles. The van der Waals surface area contributed by atoms with Gasteiger partial charge >= 0.3 is 241 Å². The van der Waals surface area contributed by atoms with Crippen molar-refractivity contribution in [3.63, 3.8) is 0 Å². The van der Waals surface area contributed by atoms with Crippen LogP contribution in [0.2, 0.25) is 0 Å². The molecule has 0 fully saturated rings. The molecule has 0 atom stereocenters. The molecule has 0 saturated carbocycles. The summed E-state index contributed by atoms with van der Waals surface area (Å²) in [7, 11) is -1.89. The van der Waals surface area contributed by atoms with Crippen molar-refractivity contribution >= 4 is 8.60 Å². The van der Waals surface area contributed by atoms with Gasteiger partial charge in [-0.3, -0.25) is 0 Å². The van der Waals surface area contributed by atoms with E-state index in [1.165, 1.54) is 372 Å². The summed E-state index contributed by atoms with van der Waals surface area (Å²) in [6, 6.07) is 0. The van der Waals surface area contributed by atoms with E-state index < -0.39 is 27.6 Å². The minimum atomic E-state index is -2.33. The quantitative estimate of drug-likeness (QED) is 0.0343. The van der Waals surface area contributed by atoms with E-state index in [2.05, 4.69) is 34.6 Å². The summed E-state index contributed by atoms with van der Waals surface area (Å²) < 4.78 is 29.4. The normalized spacial score (nSPS) is 11.6. The van der Waals surface area contributed by atoms with E-state index in [-0.39, 0.29) is 0 Å². The Hall–Kier alpha value is 0.904. The summed E-state index contributed by atoms with van der Waals surface area (Å²) in [4.78, 5) is 11.4. The van der Waals surface area contributed by atoms with E-state index in [0.717, 1.165) is 32.7 Å². The molecule has 0 aromatic rings. The number of unbranched alkanes of at least 4 members (excludes halogenated alkanes) is 55. The molecule has 0 aliphatic carbocycles. The van der Waals surface area contributed by atoms with Crippen LogP contribution in [0.5, 0.6) is 0 Å². The van der Waals surface area contributed by atoms with Crippen molar-refractivity contribution < 1.29 is 42.9 Å². The van der Waals surface area contributed by atoms with Gasteiger partial charge in [0.05, 0.1) is 21.8 Å². The molecule has 0 radical (unpaired) electrons. The first-order valence-electron chi connectivity index (χ1n) is 36.1. The van der Waals surface area contributed by atoms with Crippen LogP contribution < -0.4 is 4.89 Å². The van der Waals surface area contributed by atoms with Gasteiger partial charge in [0.2, 0.25) is 0 Å². The van der Waals surface area contributed by atoms with Crippen molar-refractivity contribution in [3.8, 4) is 0 Å². The van der Waals surface area contributed by atoms with Gasteiger partial charge in [-0.05, 0) is 12.8 Å². The molecule has 470 valence electrons. The van der Waals surface area contributed by atoms with Crippen LogP contribution in [-0.2, 0) is 38.0 Å². The molecule has 78 heavy (non-hydrogen) atoms. The van der Waals surface area contributed by atoms with Gasteiger partial charge in [-0.15, -0.1) is 0 Å². The Morgan fingerprint density at radius 3 is 0.474 bits per heavy atom. The number of rotatable bonds is 70. The van der Waals surface area contributed by atoms with Crippen molar-refractivity contribution in [1.82, 2.24) is 0 Å². The van der Waals surface area contributed by atoms with Crippen molar-refractivity contribution in [2.24, 2.45) is 0 Å². The molecule has 0 N–H and O–H groups in total. The SMILES string of the molecule is CCCCCCCCCCCCCCCCCC[O][Ti+]([O]CCCCCCCCCCCCCCCCCC)[O]CCCCCCCCCCCCCCCCCC.CCCCCCCCOP([O-])OCCCCCCCC. The molecule has 0 saturated heterocycles. The molecule has 0 bridgehead atoms. The molecule has 8 heteroatoms. The third-order valence-electron chi connectivity index (χ3n) is 16.0. The van der Waals surface area contributed by atoms with Crippen molar-refractivity contribution in [2.75, 3.05) is 33.0 Å². The molecule has 0 spiro atoms. The first-order chi connectivity index (χ1) is 38.7. The molecule has 0 amide bonds. The van der Waals surface area contributed by atoms with Crippen LogP contribution in [0.25, 0.3) is 0 Å². The van der Waals surface area contributed by atoms with Gasteiger partial charge in [0, 0.05) is 0 Å². The standard InChI is InChI=1S/3C18H37O.C16H34O3P.Ti/c3*1-2-3-4-5-6-7-8-9-10-11-12-13-14-15-16-17-18-19;1-3-5-7-9-11-13-15-18-20(17)19-16-14-12-10-8-6-4-2;/h3*2-18H2,1H3;3-16H2,1-2H3;/q4*-1;+4. The average Bonchev–Trinajstić information content (AvgIpc) is 3.44. The second-order valence-corrected chi connectivity index (χ2v) is 27.2. The second kappa shape index (κ2) is 77.9. The van der Waals surface area contributed by atoms with E-state index in [4.69, 9.17) is 19.0 Å². The summed E-state index contributed by atoms with van der Waals surface area (Å²) in [5.41, 5.74) is 0. The van der Waals surface area contributed by atoms with E-state index in [9.17, 15) is 4.89 Å². The maximum atomic E-state index is 11.4. The smallest absolute Gasteiger partial charge is 0.786 e. The zero-order chi connectivity index (χ0) is 56.7. The fourth-order valence-corrected chi connectivity index (χ4v) is 13.1. The zero-order valence-electron chi connectivity index (χ0n) is 54.4. The molecule has 0 aliphatic rings. The number of hydrogen-bond donors (Lipinski definition) is 0. The van der Waals surface area contributed by atoms with Crippen LogP contribution in [-0.4, -0.2) is 33.0 Å². The van der Waals surface area contributed by atoms with Gasteiger partial charge in [0.15, 0.2) is 0 Å². The van der Waals surface area contributed by atoms with Crippen LogP contribution in [0.15, 0.2) is 0 Å². The van der Waals surface area contributed by atoms with E-state index >= 15 is 0 Å². The molecule has 0 aromatic heterocycles. The van der Waals surface area contributed by atoms with Gasteiger partial charge in [-0.1, -0.05) is 214 Å². The first-order valence-corrected chi connectivity index (χ1v) is 39.1. The van der Waals surface area contributed by atoms with Crippen LogP contribution in [0.1, 0.15) is 420 Å². The van der Waals surface area contributed by atoms with Crippen molar-refractivity contribution in [3.05, 3.63) is 0 Å². The molecule has 0 heterocycles. The Morgan fingerprint density at radius 2 is 0.321 bits per heavy atom. The molecule has 0 aromatic carbocycles. The predicted molar refractivity (Wildman–Crippen MR) is 342 cm³/mol. The van der Waals surface area contributed by atoms with E-state index in [1.807, 2.05) is 0 Å². The first kappa shape index (κ1) is 81.0.